The van der Waals surface area contributed by atoms with Crippen LogP contribution < -0.4 is 4.90 Å². The molecule has 2 nitrogen and oxygen atoms in total. The van der Waals surface area contributed by atoms with E-state index < -0.39 is 12.3 Å². The number of alkyl halides is 2. The van der Waals surface area contributed by atoms with E-state index in [2.05, 4.69) is 4.98 Å². The number of fused-ring (bicyclic) bond motifs is 1. The van der Waals surface area contributed by atoms with Crippen LogP contribution in [-0.2, 0) is 0 Å². The van der Waals surface area contributed by atoms with Crippen LogP contribution in [0.4, 0.5) is 18.3 Å². The molecule has 0 aliphatic carbocycles. The van der Waals surface area contributed by atoms with Crippen molar-refractivity contribution in [3.8, 4) is 0 Å². The van der Waals surface area contributed by atoms with E-state index in [0.717, 1.165) is 10.2 Å². The van der Waals surface area contributed by atoms with Gasteiger partial charge >= 0.3 is 0 Å². The van der Waals surface area contributed by atoms with Gasteiger partial charge < -0.3 is 4.90 Å². The molecule has 0 amide bonds. The summed E-state index contributed by atoms with van der Waals surface area (Å²) in [5, 5.41) is 0.707. The van der Waals surface area contributed by atoms with Gasteiger partial charge in [0, 0.05) is 19.0 Å². The van der Waals surface area contributed by atoms with Crippen molar-refractivity contribution in [1.82, 2.24) is 4.98 Å². The number of hydrogen-bond acceptors (Lipinski definition) is 3. The second kappa shape index (κ2) is 4.42. The van der Waals surface area contributed by atoms with Gasteiger partial charge in [0.15, 0.2) is 5.13 Å². The van der Waals surface area contributed by atoms with E-state index in [1.165, 1.54) is 23.5 Å². The number of thiazole rings is 1. The molecule has 0 bridgehead atoms. The predicted octanol–water partition coefficient (Wildman–Crippen LogP) is 3.53. The number of hydrogen-bond donors (Lipinski definition) is 0. The largest absolute Gasteiger partial charge is 0.348 e. The second-order valence-corrected chi connectivity index (χ2v) is 5.45. The van der Waals surface area contributed by atoms with Crippen molar-refractivity contribution in [2.75, 3.05) is 18.0 Å². The van der Waals surface area contributed by atoms with Gasteiger partial charge in [0.2, 0.25) is 6.43 Å². The van der Waals surface area contributed by atoms with E-state index in [1.807, 2.05) is 4.90 Å². The molecule has 1 aromatic carbocycles. The van der Waals surface area contributed by atoms with E-state index in [9.17, 15) is 13.2 Å². The molecule has 1 unspecified atom stereocenters. The fourth-order valence-corrected chi connectivity index (χ4v) is 3.21. The molecule has 2 heterocycles. The standard InChI is InChI=1S/C12H11F3N2S/c13-8-1-2-9-10(5-8)18-12(16-9)17-4-3-7(6-17)11(14)15/h1-2,5,7,11H,3-4,6H2. The number of nitrogens with zero attached hydrogens (tertiary/aromatic N) is 2. The second-order valence-electron chi connectivity index (χ2n) is 4.44. The van der Waals surface area contributed by atoms with Crippen LogP contribution in [0.2, 0.25) is 0 Å². The maximum atomic E-state index is 13.1. The minimum atomic E-state index is -2.28. The van der Waals surface area contributed by atoms with Gasteiger partial charge in [-0.2, -0.15) is 0 Å². The number of rotatable bonds is 2. The van der Waals surface area contributed by atoms with Crippen LogP contribution in [0.25, 0.3) is 10.2 Å². The zero-order valence-electron chi connectivity index (χ0n) is 9.44. The van der Waals surface area contributed by atoms with Crippen molar-refractivity contribution >= 4 is 26.7 Å². The zero-order valence-corrected chi connectivity index (χ0v) is 10.3. The van der Waals surface area contributed by atoms with Crippen LogP contribution in [-0.4, -0.2) is 24.5 Å². The molecule has 1 fully saturated rings. The molecule has 3 rings (SSSR count). The van der Waals surface area contributed by atoms with Crippen molar-refractivity contribution in [3.05, 3.63) is 24.0 Å². The summed E-state index contributed by atoms with van der Waals surface area (Å²) in [5.74, 6) is -0.877. The average Bonchev–Trinajstić information content (AvgIpc) is 2.93. The summed E-state index contributed by atoms with van der Waals surface area (Å²) in [6.07, 6.45) is -1.79. The number of anilines is 1. The molecule has 0 radical (unpaired) electrons. The van der Waals surface area contributed by atoms with E-state index in [0.29, 0.717) is 24.6 Å². The van der Waals surface area contributed by atoms with Gasteiger partial charge in [0.25, 0.3) is 0 Å². The highest BCUT2D eigenvalue weighted by atomic mass is 32.1. The SMILES string of the molecule is Fc1ccc2nc(N3CCC(C(F)F)C3)sc2c1. The highest BCUT2D eigenvalue weighted by molar-refractivity contribution is 7.22. The first-order chi connectivity index (χ1) is 8.63. The maximum absolute atomic E-state index is 13.1. The highest BCUT2D eigenvalue weighted by Crippen LogP contribution is 2.33. The van der Waals surface area contributed by atoms with Crippen molar-refractivity contribution in [2.45, 2.75) is 12.8 Å². The first-order valence-electron chi connectivity index (χ1n) is 5.72. The van der Waals surface area contributed by atoms with Gasteiger partial charge in [0.1, 0.15) is 5.82 Å². The molecular weight excluding hydrogens is 261 g/mol. The van der Waals surface area contributed by atoms with Crippen LogP contribution in [0.3, 0.4) is 0 Å². The van der Waals surface area contributed by atoms with Gasteiger partial charge in [0.05, 0.1) is 10.2 Å². The van der Waals surface area contributed by atoms with E-state index in [-0.39, 0.29) is 5.82 Å². The lowest BCUT2D eigenvalue weighted by Crippen LogP contribution is -2.21. The van der Waals surface area contributed by atoms with Gasteiger partial charge in [-0.05, 0) is 24.6 Å². The molecule has 1 aromatic heterocycles. The Hall–Kier alpha value is -1.30. The van der Waals surface area contributed by atoms with E-state index in [4.69, 9.17) is 0 Å². The molecule has 1 saturated heterocycles. The minimum Gasteiger partial charge on any atom is -0.348 e. The fraction of sp³-hybridized carbons (Fsp3) is 0.417. The molecule has 96 valence electrons. The number of aromatic nitrogens is 1. The Morgan fingerprint density at radius 2 is 2.22 bits per heavy atom. The summed E-state index contributed by atoms with van der Waals surface area (Å²) in [5.41, 5.74) is 0.719. The van der Waals surface area contributed by atoms with E-state index in [1.54, 1.807) is 6.07 Å². The molecule has 18 heavy (non-hydrogen) atoms. The summed E-state index contributed by atoms with van der Waals surface area (Å²) in [6, 6.07) is 4.40. The molecular formula is C12H11F3N2S. The summed E-state index contributed by atoms with van der Waals surface area (Å²) in [6.45, 7) is 0.928. The monoisotopic (exact) mass is 272 g/mol. The Kier molecular flexibility index (Phi) is 2.89. The Morgan fingerprint density at radius 3 is 2.94 bits per heavy atom. The lowest BCUT2D eigenvalue weighted by atomic mass is 10.1. The quantitative estimate of drug-likeness (QED) is 0.831. The normalized spacial score (nSPS) is 20.2. The smallest absolute Gasteiger partial charge is 0.243 e. The number of halogens is 3. The molecule has 2 aromatic rings. The Balaban J connectivity index is 1.87. The van der Waals surface area contributed by atoms with Crippen LogP contribution in [0.1, 0.15) is 6.42 Å². The van der Waals surface area contributed by atoms with Gasteiger partial charge in [-0.3, -0.25) is 0 Å². The lowest BCUT2D eigenvalue weighted by Gasteiger charge is -2.14. The summed E-state index contributed by atoms with van der Waals surface area (Å²) in [4.78, 5) is 6.22. The van der Waals surface area contributed by atoms with Crippen molar-refractivity contribution in [3.63, 3.8) is 0 Å². The molecule has 1 aliphatic heterocycles. The van der Waals surface area contributed by atoms with Gasteiger partial charge in [-0.1, -0.05) is 11.3 Å². The van der Waals surface area contributed by atoms with Crippen LogP contribution >= 0.6 is 11.3 Å². The third kappa shape index (κ3) is 2.05. The minimum absolute atomic E-state index is 0.301. The zero-order chi connectivity index (χ0) is 12.7. The Bertz CT molecular complexity index is 569. The van der Waals surface area contributed by atoms with Crippen molar-refractivity contribution in [1.29, 1.82) is 0 Å². The molecule has 0 spiro atoms. The lowest BCUT2D eigenvalue weighted by molar-refractivity contribution is 0.0880. The van der Waals surface area contributed by atoms with Crippen LogP contribution in [0.5, 0.6) is 0 Å². The van der Waals surface area contributed by atoms with E-state index >= 15 is 0 Å². The first kappa shape index (κ1) is 11.8. The highest BCUT2D eigenvalue weighted by Gasteiger charge is 2.30. The average molecular weight is 272 g/mol. The number of benzene rings is 1. The Morgan fingerprint density at radius 1 is 1.39 bits per heavy atom. The summed E-state index contributed by atoms with van der Waals surface area (Å²) in [7, 11) is 0. The molecule has 1 aliphatic rings. The van der Waals surface area contributed by atoms with Gasteiger partial charge in [-0.15, -0.1) is 0 Å². The summed E-state index contributed by atoms with van der Waals surface area (Å²) < 4.78 is 39.0. The topological polar surface area (TPSA) is 16.1 Å². The van der Waals surface area contributed by atoms with Gasteiger partial charge in [-0.25, -0.2) is 18.2 Å². The third-order valence-electron chi connectivity index (χ3n) is 3.19. The van der Waals surface area contributed by atoms with Crippen LogP contribution in [0, 0.1) is 11.7 Å². The molecule has 0 N–H and O–H groups in total. The summed E-state index contributed by atoms with van der Waals surface area (Å²) >= 11 is 1.35. The fourth-order valence-electron chi connectivity index (χ4n) is 2.19. The third-order valence-corrected chi connectivity index (χ3v) is 4.27. The molecule has 0 saturated carbocycles. The molecule has 1 atom stereocenters. The van der Waals surface area contributed by atoms with Crippen molar-refractivity contribution < 1.29 is 13.2 Å². The Labute approximate surface area is 106 Å². The van der Waals surface area contributed by atoms with Crippen molar-refractivity contribution in [2.24, 2.45) is 5.92 Å². The predicted molar refractivity (Wildman–Crippen MR) is 65.9 cm³/mol. The maximum Gasteiger partial charge on any atom is 0.243 e. The first-order valence-corrected chi connectivity index (χ1v) is 6.54. The molecule has 6 heteroatoms. The van der Waals surface area contributed by atoms with Crippen LogP contribution in [0.15, 0.2) is 18.2 Å².